The largest absolute Gasteiger partial charge is 0.315 e. The maximum Gasteiger partial charge on any atom is 0.0658 e. The number of aromatic nitrogens is 2. The molecule has 2 heterocycles. The number of hydrogen-bond acceptors (Lipinski definition) is 2. The fraction of sp³-hybridized carbons (Fsp3) is 0.700. The van der Waals surface area contributed by atoms with E-state index in [0.717, 1.165) is 32.0 Å². The third kappa shape index (κ3) is 1.37. The number of rotatable bonds is 1. The lowest BCUT2D eigenvalue weighted by atomic mass is 10.2. The summed E-state index contributed by atoms with van der Waals surface area (Å²) in [6, 6.07) is 2.31. The topological polar surface area (TPSA) is 29.9 Å². The van der Waals surface area contributed by atoms with Crippen molar-refractivity contribution >= 4 is 0 Å². The van der Waals surface area contributed by atoms with Crippen molar-refractivity contribution in [2.75, 3.05) is 13.1 Å². The van der Waals surface area contributed by atoms with Crippen molar-refractivity contribution in [3.8, 4) is 0 Å². The second kappa shape index (κ2) is 2.84. The minimum absolute atomic E-state index is 0.799. The Balaban J connectivity index is 1.92. The lowest BCUT2D eigenvalue weighted by Crippen LogP contribution is -2.17. The lowest BCUT2D eigenvalue weighted by molar-refractivity contribution is 0.582. The smallest absolute Gasteiger partial charge is 0.0658 e. The molecular weight excluding hydrogens is 162 g/mol. The second-order valence-corrected chi connectivity index (χ2v) is 4.06. The van der Waals surface area contributed by atoms with Crippen LogP contribution in [0.1, 0.15) is 30.1 Å². The first-order valence-corrected chi connectivity index (χ1v) is 5.21. The molecule has 1 fully saturated rings. The molecule has 1 aromatic rings. The van der Waals surface area contributed by atoms with E-state index in [-0.39, 0.29) is 0 Å². The van der Waals surface area contributed by atoms with Crippen molar-refractivity contribution in [1.29, 1.82) is 0 Å². The zero-order valence-electron chi connectivity index (χ0n) is 7.79. The molecule has 3 heteroatoms. The molecule has 3 rings (SSSR count). The molecule has 70 valence electrons. The molecule has 1 aliphatic heterocycles. The summed E-state index contributed by atoms with van der Waals surface area (Å²) in [7, 11) is 0. The molecule has 0 radical (unpaired) electrons. The van der Waals surface area contributed by atoms with Gasteiger partial charge >= 0.3 is 0 Å². The maximum absolute atomic E-state index is 4.65. The van der Waals surface area contributed by atoms with Gasteiger partial charge in [0.25, 0.3) is 0 Å². The first-order chi connectivity index (χ1) is 6.43. The fourth-order valence-corrected chi connectivity index (χ4v) is 1.98. The standard InChI is InChI=1S/C10H15N3/c1-2-8(1)10-7-9-3-4-11-5-6-13(9)12-10/h7-8,11H,1-6H2. The van der Waals surface area contributed by atoms with E-state index >= 15 is 0 Å². The molecule has 2 aliphatic rings. The van der Waals surface area contributed by atoms with Crippen molar-refractivity contribution in [2.24, 2.45) is 0 Å². The van der Waals surface area contributed by atoms with Crippen molar-refractivity contribution in [1.82, 2.24) is 15.1 Å². The van der Waals surface area contributed by atoms with Gasteiger partial charge in [0.2, 0.25) is 0 Å². The van der Waals surface area contributed by atoms with E-state index in [1.54, 1.807) is 0 Å². The second-order valence-electron chi connectivity index (χ2n) is 4.06. The summed E-state index contributed by atoms with van der Waals surface area (Å²) in [5.74, 6) is 0.799. The van der Waals surface area contributed by atoms with Gasteiger partial charge in [0.1, 0.15) is 0 Å². The SMILES string of the molecule is c1c(C2CC2)nn2c1CCNCC2. The molecule has 0 amide bonds. The molecule has 0 spiro atoms. The van der Waals surface area contributed by atoms with Gasteiger partial charge < -0.3 is 5.32 Å². The quantitative estimate of drug-likeness (QED) is 0.691. The normalized spacial score (nSPS) is 22.5. The van der Waals surface area contributed by atoms with E-state index in [1.807, 2.05) is 0 Å². The van der Waals surface area contributed by atoms with Crippen molar-refractivity contribution in [3.05, 3.63) is 17.5 Å². The van der Waals surface area contributed by atoms with E-state index in [1.165, 1.54) is 24.2 Å². The highest BCUT2D eigenvalue weighted by Gasteiger charge is 2.27. The molecule has 13 heavy (non-hydrogen) atoms. The van der Waals surface area contributed by atoms with Crippen molar-refractivity contribution < 1.29 is 0 Å². The summed E-state index contributed by atoms with van der Waals surface area (Å²) in [6.45, 7) is 3.22. The summed E-state index contributed by atoms with van der Waals surface area (Å²) in [5.41, 5.74) is 2.77. The summed E-state index contributed by atoms with van der Waals surface area (Å²) < 4.78 is 2.19. The zero-order valence-corrected chi connectivity index (χ0v) is 7.79. The van der Waals surface area contributed by atoms with Crippen LogP contribution in [0.25, 0.3) is 0 Å². The highest BCUT2D eigenvalue weighted by molar-refractivity contribution is 5.19. The van der Waals surface area contributed by atoms with Crippen LogP contribution in [0.3, 0.4) is 0 Å². The van der Waals surface area contributed by atoms with Gasteiger partial charge in [0.05, 0.1) is 12.2 Å². The molecule has 1 aromatic heterocycles. The summed E-state index contributed by atoms with van der Waals surface area (Å²) >= 11 is 0. The maximum atomic E-state index is 4.65. The van der Waals surface area contributed by atoms with Crippen LogP contribution in [-0.4, -0.2) is 22.9 Å². The fourth-order valence-electron chi connectivity index (χ4n) is 1.98. The van der Waals surface area contributed by atoms with Gasteiger partial charge in [-0.25, -0.2) is 0 Å². The van der Waals surface area contributed by atoms with Gasteiger partial charge in [0.15, 0.2) is 0 Å². The molecule has 0 atom stereocenters. The Kier molecular flexibility index (Phi) is 1.65. The first kappa shape index (κ1) is 7.56. The number of fused-ring (bicyclic) bond motifs is 1. The van der Waals surface area contributed by atoms with Crippen LogP contribution in [0.2, 0.25) is 0 Å². The van der Waals surface area contributed by atoms with Gasteiger partial charge in [-0.3, -0.25) is 4.68 Å². The zero-order chi connectivity index (χ0) is 8.67. The van der Waals surface area contributed by atoms with Gasteiger partial charge in [-0.15, -0.1) is 0 Å². The first-order valence-electron chi connectivity index (χ1n) is 5.21. The molecule has 1 aliphatic carbocycles. The molecular formula is C10H15N3. The minimum Gasteiger partial charge on any atom is -0.315 e. The highest BCUT2D eigenvalue weighted by atomic mass is 15.3. The Hall–Kier alpha value is -0.830. The van der Waals surface area contributed by atoms with Crippen LogP contribution >= 0.6 is 0 Å². The molecule has 1 N–H and O–H groups in total. The van der Waals surface area contributed by atoms with Crippen LogP contribution in [0.4, 0.5) is 0 Å². The number of hydrogen-bond donors (Lipinski definition) is 1. The van der Waals surface area contributed by atoms with Crippen LogP contribution in [0.5, 0.6) is 0 Å². The van der Waals surface area contributed by atoms with Crippen molar-refractivity contribution in [3.63, 3.8) is 0 Å². The Morgan fingerprint density at radius 3 is 3.15 bits per heavy atom. The van der Waals surface area contributed by atoms with Gasteiger partial charge in [0, 0.05) is 31.1 Å². The minimum atomic E-state index is 0.799. The molecule has 0 saturated heterocycles. The predicted molar refractivity (Wildman–Crippen MR) is 50.8 cm³/mol. The molecule has 3 nitrogen and oxygen atoms in total. The Morgan fingerprint density at radius 1 is 1.38 bits per heavy atom. The number of nitrogens with one attached hydrogen (secondary N) is 1. The average Bonchev–Trinajstić information content (AvgIpc) is 2.93. The van der Waals surface area contributed by atoms with Crippen LogP contribution in [0, 0.1) is 0 Å². The van der Waals surface area contributed by atoms with E-state index in [4.69, 9.17) is 0 Å². The Labute approximate surface area is 78.1 Å². The van der Waals surface area contributed by atoms with Crippen molar-refractivity contribution in [2.45, 2.75) is 31.7 Å². The lowest BCUT2D eigenvalue weighted by Gasteiger charge is -1.99. The third-order valence-corrected chi connectivity index (χ3v) is 2.94. The van der Waals surface area contributed by atoms with E-state index in [0.29, 0.717) is 0 Å². The van der Waals surface area contributed by atoms with E-state index < -0.39 is 0 Å². The summed E-state index contributed by atoms with van der Waals surface area (Å²) in [6.07, 6.45) is 3.85. The van der Waals surface area contributed by atoms with Crippen LogP contribution < -0.4 is 5.32 Å². The molecule has 0 unspecified atom stereocenters. The number of nitrogens with zero attached hydrogens (tertiary/aromatic N) is 2. The Morgan fingerprint density at radius 2 is 2.31 bits per heavy atom. The van der Waals surface area contributed by atoms with Gasteiger partial charge in [-0.05, 0) is 18.9 Å². The van der Waals surface area contributed by atoms with Crippen LogP contribution in [0.15, 0.2) is 6.07 Å². The monoisotopic (exact) mass is 177 g/mol. The van der Waals surface area contributed by atoms with Gasteiger partial charge in [-0.2, -0.15) is 5.10 Å². The summed E-state index contributed by atoms with van der Waals surface area (Å²) in [5, 5.41) is 8.03. The highest BCUT2D eigenvalue weighted by Crippen LogP contribution is 2.39. The van der Waals surface area contributed by atoms with E-state index in [2.05, 4.69) is 21.2 Å². The average molecular weight is 177 g/mol. The molecule has 0 bridgehead atoms. The van der Waals surface area contributed by atoms with E-state index in [9.17, 15) is 0 Å². The molecule has 1 saturated carbocycles. The summed E-state index contributed by atoms with van der Waals surface area (Å²) in [4.78, 5) is 0. The Bertz CT molecular complexity index is 288. The van der Waals surface area contributed by atoms with Crippen LogP contribution in [-0.2, 0) is 13.0 Å². The third-order valence-electron chi connectivity index (χ3n) is 2.94. The molecule has 0 aromatic carbocycles. The van der Waals surface area contributed by atoms with Gasteiger partial charge in [-0.1, -0.05) is 0 Å². The predicted octanol–water partition coefficient (Wildman–Crippen LogP) is 0.906.